The highest BCUT2D eigenvalue weighted by Gasteiger charge is 2.49. The quantitative estimate of drug-likeness (QED) is 0.666. The largest absolute Gasteiger partial charge is 0.380 e. The minimum absolute atomic E-state index is 0.000498. The molecule has 3 saturated heterocycles. The van der Waals surface area contributed by atoms with Crippen molar-refractivity contribution in [3.63, 3.8) is 0 Å². The van der Waals surface area contributed by atoms with Crippen molar-refractivity contribution in [2.75, 3.05) is 32.8 Å². The van der Waals surface area contributed by atoms with E-state index in [2.05, 4.69) is 12.2 Å². The summed E-state index contributed by atoms with van der Waals surface area (Å²) < 4.78 is 19.5. The number of amides is 2. The van der Waals surface area contributed by atoms with Gasteiger partial charge in [0.1, 0.15) is 18.8 Å². The molecule has 1 aliphatic carbocycles. The van der Waals surface area contributed by atoms with E-state index in [-0.39, 0.29) is 47.7 Å². The first-order valence-corrected chi connectivity index (χ1v) is 11.6. The Morgan fingerprint density at radius 3 is 2.59 bits per heavy atom. The summed E-state index contributed by atoms with van der Waals surface area (Å²) >= 11 is 12.3. The lowest BCUT2D eigenvalue weighted by Gasteiger charge is -2.50. The topological polar surface area (TPSA) is 61.9 Å². The molecule has 4 fully saturated rings. The molecule has 0 bridgehead atoms. The molecule has 6 nitrogen and oxygen atoms in total. The van der Waals surface area contributed by atoms with E-state index in [0.29, 0.717) is 39.1 Å². The van der Waals surface area contributed by atoms with Crippen LogP contribution in [-0.4, -0.2) is 83.6 Å². The molecule has 3 heterocycles. The van der Waals surface area contributed by atoms with Crippen molar-refractivity contribution in [2.24, 2.45) is 17.8 Å². The molecule has 9 heteroatoms. The van der Waals surface area contributed by atoms with E-state index >= 15 is 0 Å². The van der Waals surface area contributed by atoms with E-state index in [4.69, 9.17) is 27.9 Å². The van der Waals surface area contributed by atoms with Crippen LogP contribution in [0.15, 0.2) is 0 Å². The zero-order valence-electron chi connectivity index (χ0n) is 16.7. The minimum atomic E-state index is -1.05. The van der Waals surface area contributed by atoms with Gasteiger partial charge in [0.25, 0.3) is 0 Å². The van der Waals surface area contributed by atoms with E-state index in [1.54, 1.807) is 9.80 Å². The van der Waals surface area contributed by atoms with Crippen LogP contribution in [0, 0.1) is 17.8 Å². The number of nitrogens with one attached hydrogen (secondary N) is 1. The Morgan fingerprint density at radius 1 is 1.21 bits per heavy atom. The maximum atomic E-state index is 14.1. The highest BCUT2D eigenvalue weighted by Crippen LogP contribution is 2.34. The van der Waals surface area contributed by atoms with Crippen molar-refractivity contribution < 1.29 is 18.7 Å². The molecule has 4 aliphatic rings. The number of nitrogens with zero attached hydrogens (tertiary/aromatic N) is 2. The van der Waals surface area contributed by atoms with Crippen LogP contribution in [0.1, 0.15) is 32.6 Å². The van der Waals surface area contributed by atoms with Crippen LogP contribution in [0.3, 0.4) is 0 Å². The molecule has 0 aromatic heterocycles. The Kier molecular flexibility index (Phi) is 6.59. The molecular weight excluding hydrogens is 420 g/mol. The summed E-state index contributed by atoms with van der Waals surface area (Å²) in [7, 11) is 0. The number of hydrogen-bond donors (Lipinski definition) is 1. The van der Waals surface area contributed by atoms with Crippen LogP contribution < -0.4 is 5.32 Å². The number of rotatable bonds is 4. The van der Waals surface area contributed by atoms with Gasteiger partial charge in [-0.15, -0.1) is 23.2 Å². The summed E-state index contributed by atoms with van der Waals surface area (Å²) in [6.07, 6.45) is 1.30. The Morgan fingerprint density at radius 2 is 1.97 bits per heavy atom. The predicted molar refractivity (Wildman–Crippen MR) is 109 cm³/mol. The van der Waals surface area contributed by atoms with E-state index in [0.717, 1.165) is 12.8 Å². The lowest BCUT2D eigenvalue weighted by molar-refractivity contribution is -0.173. The summed E-state index contributed by atoms with van der Waals surface area (Å²) in [6.45, 7) is 4.11. The Hall–Kier alpha value is -0.630. The zero-order valence-corrected chi connectivity index (χ0v) is 18.2. The van der Waals surface area contributed by atoms with Crippen LogP contribution in [0.4, 0.5) is 4.39 Å². The van der Waals surface area contributed by atoms with Crippen molar-refractivity contribution in [1.29, 1.82) is 0 Å². The fourth-order valence-corrected chi connectivity index (χ4v) is 5.80. The number of piperazine rings is 1. The summed E-state index contributed by atoms with van der Waals surface area (Å²) in [6, 6.07) is -0.528. The lowest BCUT2D eigenvalue weighted by atomic mass is 9.85. The van der Waals surface area contributed by atoms with Gasteiger partial charge in [-0.2, -0.15) is 0 Å². The first kappa shape index (κ1) is 21.6. The molecule has 29 heavy (non-hydrogen) atoms. The van der Waals surface area contributed by atoms with E-state index < -0.39 is 17.6 Å². The second kappa shape index (κ2) is 8.85. The Balaban J connectivity index is 1.50. The molecule has 3 aliphatic heterocycles. The summed E-state index contributed by atoms with van der Waals surface area (Å²) in [4.78, 5) is 30.1. The normalized spacial score (nSPS) is 42.1. The molecule has 0 spiro atoms. The van der Waals surface area contributed by atoms with Crippen molar-refractivity contribution in [3.8, 4) is 0 Å². The summed E-state index contributed by atoms with van der Waals surface area (Å²) in [5.74, 6) is 0.110. The second-order valence-corrected chi connectivity index (χ2v) is 10.3. The van der Waals surface area contributed by atoms with Gasteiger partial charge in [-0.3, -0.25) is 14.9 Å². The van der Waals surface area contributed by atoms with Gasteiger partial charge < -0.3 is 14.5 Å². The van der Waals surface area contributed by atoms with Crippen molar-refractivity contribution in [3.05, 3.63) is 0 Å². The van der Waals surface area contributed by atoms with Crippen LogP contribution in [0.2, 0.25) is 0 Å². The first-order chi connectivity index (χ1) is 13.8. The molecule has 1 N–H and O–H groups in total. The van der Waals surface area contributed by atoms with Crippen LogP contribution in [0.25, 0.3) is 0 Å². The second-order valence-electron chi connectivity index (χ2n) is 9.13. The van der Waals surface area contributed by atoms with Crippen molar-refractivity contribution in [1.82, 2.24) is 15.1 Å². The van der Waals surface area contributed by atoms with Gasteiger partial charge in [0.15, 0.2) is 0 Å². The number of alkyl halides is 3. The number of carbonyl (C=O) groups is 2. The van der Waals surface area contributed by atoms with Crippen LogP contribution in [-0.2, 0) is 14.3 Å². The Bertz CT molecular complexity index is 638. The maximum absolute atomic E-state index is 14.1. The monoisotopic (exact) mass is 449 g/mol. The minimum Gasteiger partial charge on any atom is -0.380 e. The Labute approximate surface area is 181 Å². The van der Waals surface area contributed by atoms with Crippen LogP contribution in [0.5, 0.6) is 0 Å². The third-order valence-corrected chi connectivity index (χ3v) is 7.74. The van der Waals surface area contributed by atoms with Crippen molar-refractivity contribution >= 4 is 35.0 Å². The number of hydrogen-bond acceptors (Lipinski definition) is 4. The SMILES string of the molecule is CC1CC(Cl)CNC1N1CC(=O)N(CC2CCC(Cl)C(F)C2)[C@@H](C2COC2)C1=O. The molecule has 7 atom stereocenters. The van der Waals surface area contributed by atoms with Gasteiger partial charge in [-0.25, -0.2) is 4.39 Å². The van der Waals surface area contributed by atoms with Gasteiger partial charge in [0.05, 0.1) is 24.8 Å². The average molecular weight is 450 g/mol. The van der Waals surface area contributed by atoms with Crippen molar-refractivity contribution in [2.45, 2.75) is 61.7 Å². The predicted octanol–water partition coefficient (Wildman–Crippen LogP) is 1.98. The van der Waals surface area contributed by atoms with Crippen LogP contribution >= 0.6 is 23.2 Å². The molecule has 0 aromatic carbocycles. The lowest BCUT2D eigenvalue weighted by Crippen LogP contribution is -2.70. The number of carbonyl (C=O) groups excluding carboxylic acids is 2. The van der Waals surface area contributed by atoms with Gasteiger partial charge in [-0.05, 0) is 37.5 Å². The molecule has 4 rings (SSSR count). The first-order valence-electron chi connectivity index (χ1n) is 10.7. The van der Waals surface area contributed by atoms with E-state index in [1.165, 1.54) is 0 Å². The molecule has 164 valence electrons. The third-order valence-electron chi connectivity index (χ3n) is 6.92. The highest BCUT2D eigenvalue weighted by molar-refractivity contribution is 6.21. The third kappa shape index (κ3) is 4.39. The number of piperidine rings is 1. The van der Waals surface area contributed by atoms with E-state index in [9.17, 15) is 14.0 Å². The zero-order chi connectivity index (χ0) is 20.7. The van der Waals surface area contributed by atoms with Gasteiger partial charge >= 0.3 is 0 Å². The van der Waals surface area contributed by atoms with Gasteiger partial charge in [-0.1, -0.05) is 6.92 Å². The molecule has 2 amide bonds. The average Bonchev–Trinajstić information content (AvgIpc) is 2.62. The fraction of sp³-hybridized carbons (Fsp3) is 0.900. The molecular formula is C20H30Cl2FN3O3. The summed E-state index contributed by atoms with van der Waals surface area (Å²) in [5, 5.41) is 2.94. The summed E-state index contributed by atoms with van der Waals surface area (Å²) in [5.41, 5.74) is 0. The highest BCUT2D eigenvalue weighted by atomic mass is 35.5. The number of ether oxygens (including phenoxy) is 1. The molecule has 0 aromatic rings. The van der Waals surface area contributed by atoms with E-state index in [1.807, 2.05) is 0 Å². The standard InChI is InChI=1S/C20H30Cl2FN3O3/c1-11-4-14(21)6-24-19(11)26-8-17(27)25(18(20(26)28)13-9-29-10-13)7-12-2-3-15(22)16(23)5-12/h11-16,18-19,24H,2-10H2,1H3/t11?,12?,14?,15?,16?,18-,19?/m0/s1. The molecule has 0 radical (unpaired) electrons. The fourth-order valence-electron chi connectivity index (χ4n) is 5.20. The molecule has 6 unspecified atom stereocenters. The van der Waals surface area contributed by atoms with Gasteiger partial charge in [0, 0.05) is 24.4 Å². The smallest absolute Gasteiger partial charge is 0.247 e. The van der Waals surface area contributed by atoms with Gasteiger partial charge in [0.2, 0.25) is 11.8 Å². The number of halogens is 3. The molecule has 1 saturated carbocycles. The maximum Gasteiger partial charge on any atom is 0.247 e.